The third-order valence-corrected chi connectivity index (χ3v) is 5.47. The molecule has 31 heavy (non-hydrogen) atoms. The molecule has 1 amide bonds. The summed E-state index contributed by atoms with van der Waals surface area (Å²) in [6.07, 6.45) is 0.434. The van der Waals surface area contributed by atoms with Gasteiger partial charge in [0.05, 0.1) is 16.6 Å². The maximum Gasteiger partial charge on any atom is 0.279 e. The maximum absolute atomic E-state index is 14.4. The molecule has 0 saturated heterocycles. The molecule has 4 rings (SSSR count). The summed E-state index contributed by atoms with van der Waals surface area (Å²) in [5.74, 6) is -1.36. The highest BCUT2D eigenvalue weighted by atomic mass is 32.1. The summed E-state index contributed by atoms with van der Waals surface area (Å²) in [6, 6.07) is 14.5. The van der Waals surface area contributed by atoms with Crippen LogP contribution < -0.4 is 10.1 Å². The van der Waals surface area contributed by atoms with E-state index in [1.54, 1.807) is 24.3 Å². The van der Waals surface area contributed by atoms with Gasteiger partial charge in [-0.3, -0.25) is 4.79 Å². The normalized spacial score (nSPS) is 10.9. The van der Waals surface area contributed by atoms with Gasteiger partial charge in [0, 0.05) is 18.7 Å². The number of fused-ring (bicyclic) bond motifs is 1. The van der Waals surface area contributed by atoms with Gasteiger partial charge in [-0.25, -0.2) is 18.2 Å². The number of amides is 1. The van der Waals surface area contributed by atoms with Crippen molar-refractivity contribution in [3.8, 4) is 10.9 Å². The van der Waals surface area contributed by atoms with Crippen molar-refractivity contribution in [2.45, 2.75) is 12.8 Å². The molecule has 4 nitrogen and oxygen atoms in total. The monoisotopic (exact) mass is 442 g/mol. The number of halogens is 3. The minimum atomic E-state index is -0.571. The van der Waals surface area contributed by atoms with Gasteiger partial charge in [0.2, 0.25) is 5.91 Å². The Hall–Kier alpha value is -3.39. The fourth-order valence-corrected chi connectivity index (χ4v) is 3.81. The molecule has 0 spiro atoms. The van der Waals surface area contributed by atoms with Gasteiger partial charge < -0.3 is 10.1 Å². The lowest BCUT2D eigenvalue weighted by Gasteiger charge is -2.08. The molecule has 158 valence electrons. The van der Waals surface area contributed by atoms with Crippen LogP contribution in [0.1, 0.15) is 11.1 Å². The summed E-state index contributed by atoms with van der Waals surface area (Å²) in [6.45, 7) is 0.367. The van der Waals surface area contributed by atoms with Gasteiger partial charge in [0.1, 0.15) is 23.2 Å². The van der Waals surface area contributed by atoms with Gasteiger partial charge in [0.15, 0.2) is 0 Å². The molecule has 0 aliphatic heterocycles. The van der Waals surface area contributed by atoms with E-state index in [1.807, 2.05) is 0 Å². The molecule has 0 unspecified atom stereocenters. The first-order valence-corrected chi connectivity index (χ1v) is 10.3. The molecular weight excluding hydrogens is 425 g/mol. The van der Waals surface area contributed by atoms with Crippen LogP contribution >= 0.6 is 11.3 Å². The number of hydrogen-bond donors (Lipinski definition) is 1. The van der Waals surface area contributed by atoms with Crippen molar-refractivity contribution in [2.75, 3.05) is 6.54 Å². The topological polar surface area (TPSA) is 51.2 Å². The second-order valence-corrected chi connectivity index (χ2v) is 7.84. The Kier molecular flexibility index (Phi) is 6.18. The van der Waals surface area contributed by atoms with Crippen LogP contribution in [-0.2, 0) is 17.6 Å². The van der Waals surface area contributed by atoms with E-state index in [9.17, 15) is 18.0 Å². The summed E-state index contributed by atoms with van der Waals surface area (Å²) < 4.78 is 47.0. The molecular formula is C23H17F3N2O2S. The average molecular weight is 442 g/mol. The van der Waals surface area contributed by atoms with E-state index in [0.717, 1.165) is 10.3 Å². The fraction of sp³-hybridized carbons (Fsp3) is 0.130. The molecule has 1 heterocycles. The first kappa shape index (κ1) is 20.9. The van der Waals surface area contributed by atoms with E-state index in [0.29, 0.717) is 18.5 Å². The highest BCUT2D eigenvalue weighted by molar-refractivity contribution is 7.20. The minimum Gasteiger partial charge on any atom is -0.431 e. The van der Waals surface area contributed by atoms with E-state index in [1.165, 1.54) is 47.7 Å². The largest absolute Gasteiger partial charge is 0.431 e. The third-order valence-electron chi connectivity index (χ3n) is 4.56. The van der Waals surface area contributed by atoms with Gasteiger partial charge >= 0.3 is 0 Å². The van der Waals surface area contributed by atoms with Crippen LogP contribution in [0.3, 0.4) is 0 Å². The zero-order chi connectivity index (χ0) is 21.8. The molecule has 1 N–H and O–H groups in total. The summed E-state index contributed by atoms with van der Waals surface area (Å²) >= 11 is 1.22. The summed E-state index contributed by atoms with van der Waals surface area (Å²) in [5, 5.41) is 3.00. The number of carbonyl (C=O) groups is 1. The third kappa shape index (κ3) is 5.40. The van der Waals surface area contributed by atoms with E-state index >= 15 is 0 Å². The molecule has 8 heteroatoms. The van der Waals surface area contributed by atoms with Gasteiger partial charge in [-0.2, -0.15) is 0 Å². The fourth-order valence-electron chi connectivity index (χ4n) is 2.99. The van der Waals surface area contributed by atoms with Crippen LogP contribution in [0, 0.1) is 17.5 Å². The highest BCUT2D eigenvalue weighted by Crippen LogP contribution is 2.32. The Morgan fingerprint density at radius 2 is 1.74 bits per heavy atom. The molecule has 0 saturated carbocycles. The molecule has 0 bridgehead atoms. The SMILES string of the molecule is O=C(Cc1ccc(Oc2nc3cc(F)ccc3s2)cc1F)NCCc1ccc(F)cc1. The van der Waals surface area contributed by atoms with Gasteiger partial charge in [-0.15, -0.1) is 0 Å². The number of rotatable bonds is 7. The average Bonchev–Trinajstić information content (AvgIpc) is 3.13. The van der Waals surface area contributed by atoms with Crippen molar-refractivity contribution in [1.82, 2.24) is 10.3 Å². The van der Waals surface area contributed by atoms with Crippen molar-refractivity contribution in [1.29, 1.82) is 0 Å². The number of hydrogen-bond acceptors (Lipinski definition) is 4. The number of carbonyl (C=O) groups excluding carboxylic acids is 1. The predicted octanol–water partition coefficient (Wildman–Crippen LogP) is 5.41. The van der Waals surface area contributed by atoms with E-state index in [2.05, 4.69) is 10.3 Å². The van der Waals surface area contributed by atoms with Gasteiger partial charge in [0.25, 0.3) is 5.19 Å². The minimum absolute atomic E-state index is 0.115. The highest BCUT2D eigenvalue weighted by Gasteiger charge is 2.12. The van der Waals surface area contributed by atoms with Crippen LogP contribution in [0.4, 0.5) is 13.2 Å². The Labute approximate surface area is 180 Å². The molecule has 0 atom stereocenters. The predicted molar refractivity (Wildman–Crippen MR) is 113 cm³/mol. The van der Waals surface area contributed by atoms with Crippen molar-refractivity contribution in [3.05, 3.63) is 89.2 Å². The number of ether oxygens (including phenoxy) is 1. The summed E-state index contributed by atoms with van der Waals surface area (Å²) in [5.41, 5.74) is 1.60. The lowest BCUT2D eigenvalue weighted by Crippen LogP contribution is -2.27. The molecule has 1 aromatic heterocycles. The first-order chi connectivity index (χ1) is 15.0. The van der Waals surface area contributed by atoms with E-state index in [4.69, 9.17) is 4.74 Å². The second-order valence-electron chi connectivity index (χ2n) is 6.85. The van der Waals surface area contributed by atoms with Gasteiger partial charge in [-0.05, 0) is 47.9 Å². The molecule has 0 fully saturated rings. The Morgan fingerprint density at radius 3 is 2.52 bits per heavy atom. The van der Waals surface area contributed by atoms with Crippen molar-refractivity contribution >= 4 is 27.5 Å². The van der Waals surface area contributed by atoms with Crippen molar-refractivity contribution in [2.24, 2.45) is 0 Å². The number of thiazole rings is 1. The van der Waals surface area contributed by atoms with Crippen LogP contribution in [-0.4, -0.2) is 17.4 Å². The summed E-state index contributed by atoms with van der Waals surface area (Å²) in [4.78, 5) is 16.3. The number of benzene rings is 3. The van der Waals surface area contributed by atoms with Crippen LogP contribution in [0.25, 0.3) is 10.2 Å². The van der Waals surface area contributed by atoms with E-state index < -0.39 is 11.6 Å². The number of nitrogens with one attached hydrogen (secondary N) is 1. The van der Waals surface area contributed by atoms with Crippen LogP contribution in [0.2, 0.25) is 0 Å². The molecule has 0 radical (unpaired) electrons. The number of aromatic nitrogens is 1. The zero-order valence-corrected chi connectivity index (χ0v) is 17.0. The van der Waals surface area contributed by atoms with Gasteiger partial charge in [-0.1, -0.05) is 29.5 Å². The molecule has 0 aliphatic carbocycles. The van der Waals surface area contributed by atoms with Crippen LogP contribution in [0.5, 0.6) is 10.9 Å². The molecule has 4 aromatic rings. The lowest BCUT2D eigenvalue weighted by atomic mass is 10.1. The quantitative estimate of drug-likeness (QED) is 0.417. The van der Waals surface area contributed by atoms with Crippen molar-refractivity contribution < 1.29 is 22.7 Å². The second kappa shape index (κ2) is 9.18. The lowest BCUT2D eigenvalue weighted by molar-refractivity contribution is -0.120. The molecule has 0 aliphatic rings. The number of nitrogens with zero attached hydrogens (tertiary/aromatic N) is 1. The standard InChI is InChI=1S/C23H17F3N2O2S/c24-16-4-1-14(2-5-16)9-10-27-22(29)11-15-3-7-18(13-19(15)26)30-23-28-20-12-17(25)6-8-21(20)31-23/h1-8,12-13H,9-11H2,(H,27,29). The smallest absolute Gasteiger partial charge is 0.279 e. The summed E-state index contributed by atoms with van der Waals surface area (Å²) in [7, 11) is 0. The van der Waals surface area contributed by atoms with E-state index in [-0.39, 0.29) is 34.7 Å². The van der Waals surface area contributed by atoms with Crippen molar-refractivity contribution in [3.63, 3.8) is 0 Å². The Bertz CT molecular complexity index is 1230. The first-order valence-electron chi connectivity index (χ1n) is 9.50. The molecule has 3 aromatic carbocycles. The van der Waals surface area contributed by atoms with Crippen LogP contribution in [0.15, 0.2) is 60.7 Å². The Morgan fingerprint density at radius 1 is 0.968 bits per heavy atom. The zero-order valence-electron chi connectivity index (χ0n) is 16.2. The Balaban J connectivity index is 1.33. The maximum atomic E-state index is 14.4.